The average molecular weight is 519 g/mol. The van der Waals surface area contributed by atoms with Crippen molar-refractivity contribution in [1.29, 1.82) is 5.26 Å². The molecule has 0 aromatic carbocycles. The number of amides is 1. The second-order valence-corrected chi connectivity index (χ2v) is 9.38. The quantitative estimate of drug-likeness (QED) is 0.572. The minimum atomic E-state index is -4.68. The molecule has 0 spiro atoms. The molecule has 1 saturated heterocycles. The highest BCUT2D eigenvalue weighted by atomic mass is 19.4. The van der Waals surface area contributed by atoms with Crippen molar-refractivity contribution >= 4 is 17.3 Å². The lowest BCUT2D eigenvalue weighted by atomic mass is 9.94. The van der Waals surface area contributed by atoms with Crippen LogP contribution in [-0.4, -0.2) is 73.1 Å². The fraction of sp³-hybridized carbons (Fsp3) is 0.500. The van der Waals surface area contributed by atoms with Crippen molar-refractivity contribution in [3.8, 4) is 23.2 Å². The first-order valence-electron chi connectivity index (χ1n) is 11.9. The number of hydrogen-bond acceptors (Lipinski definition) is 9. The number of alkyl halides is 3. The van der Waals surface area contributed by atoms with Gasteiger partial charge in [-0.25, -0.2) is 9.97 Å². The van der Waals surface area contributed by atoms with Gasteiger partial charge in [-0.3, -0.25) is 20.1 Å². The maximum atomic E-state index is 13.9. The van der Waals surface area contributed by atoms with Gasteiger partial charge in [0.15, 0.2) is 5.69 Å². The molecular weight excluding hydrogens is 489 g/mol. The standard InChI is InChI=1S/C24H29F3N8O2/c1-33(2)21(36)14-35-7-4-15(5-8-35)6-9-37-23-17(24(25,26)27)10-16(13-29-23)18-11-20-22(19(12-28)30-18)31-32-34(20)3/h10-11,13,15,31-32H,4-9,14H2,1-3H3. The van der Waals surface area contributed by atoms with Gasteiger partial charge < -0.3 is 9.64 Å². The zero-order valence-electron chi connectivity index (χ0n) is 20.9. The van der Waals surface area contributed by atoms with Crippen LogP contribution in [0.5, 0.6) is 5.88 Å². The highest BCUT2D eigenvalue weighted by Crippen LogP contribution is 2.39. The Hall–Kier alpha value is -3.63. The predicted octanol–water partition coefficient (Wildman–Crippen LogP) is 2.88. The van der Waals surface area contributed by atoms with Crippen molar-refractivity contribution in [2.45, 2.75) is 25.4 Å². The number of carbonyl (C=O) groups is 1. The topological polar surface area (TPSA) is 110 Å². The number of pyridine rings is 2. The van der Waals surface area contributed by atoms with E-state index in [1.807, 2.05) is 6.07 Å². The lowest BCUT2D eigenvalue weighted by Crippen LogP contribution is -2.41. The van der Waals surface area contributed by atoms with E-state index in [9.17, 15) is 23.2 Å². The summed E-state index contributed by atoms with van der Waals surface area (Å²) in [5, 5.41) is 11.0. The van der Waals surface area contributed by atoms with Crippen molar-refractivity contribution in [1.82, 2.24) is 25.3 Å². The minimum Gasteiger partial charge on any atom is -0.477 e. The van der Waals surface area contributed by atoms with E-state index in [2.05, 4.69) is 25.8 Å². The number of nitriles is 1. The summed E-state index contributed by atoms with van der Waals surface area (Å²) in [4.78, 5) is 23.7. The number of carbonyl (C=O) groups excluding carboxylic acids is 1. The van der Waals surface area contributed by atoms with E-state index < -0.39 is 17.6 Å². The second kappa shape index (κ2) is 10.8. The van der Waals surface area contributed by atoms with Crippen LogP contribution in [0, 0.1) is 17.2 Å². The van der Waals surface area contributed by atoms with Gasteiger partial charge in [0, 0.05) is 32.9 Å². The molecule has 13 heteroatoms. The molecule has 2 aliphatic rings. The number of likely N-dealkylation sites (tertiary alicyclic amines) is 1. The van der Waals surface area contributed by atoms with Crippen LogP contribution in [0.1, 0.15) is 30.5 Å². The number of halogens is 3. The van der Waals surface area contributed by atoms with E-state index in [0.29, 0.717) is 30.3 Å². The third kappa shape index (κ3) is 6.03. The Kier molecular flexibility index (Phi) is 7.70. The lowest BCUT2D eigenvalue weighted by Gasteiger charge is -2.32. The first-order chi connectivity index (χ1) is 17.6. The number of ether oxygens (including phenoxy) is 1. The van der Waals surface area contributed by atoms with Gasteiger partial charge in [-0.05, 0) is 50.4 Å². The Bertz CT molecular complexity index is 1190. The van der Waals surface area contributed by atoms with Gasteiger partial charge in [-0.1, -0.05) is 0 Å². The van der Waals surface area contributed by atoms with E-state index in [1.54, 1.807) is 37.1 Å². The van der Waals surface area contributed by atoms with Gasteiger partial charge in [0.1, 0.15) is 17.3 Å². The summed E-state index contributed by atoms with van der Waals surface area (Å²) in [6.07, 6.45) is -1.10. The molecule has 0 saturated carbocycles. The highest BCUT2D eigenvalue weighted by Gasteiger charge is 2.36. The van der Waals surface area contributed by atoms with Crippen LogP contribution in [-0.2, 0) is 11.0 Å². The molecule has 4 heterocycles. The molecule has 37 heavy (non-hydrogen) atoms. The number of fused-ring (bicyclic) bond motifs is 1. The molecule has 2 N–H and O–H groups in total. The number of hydrogen-bond donors (Lipinski definition) is 2. The Labute approximate surface area is 213 Å². The summed E-state index contributed by atoms with van der Waals surface area (Å²) in [6, 6.07) is 4.50. The zero-order chi connectivity index (χ0) is 26.7. The Morgan fingerprint density at radius 3 is 2.68 bits per heavy atom. The third-order valence-corrected chi connectivity index (χ3v) is 6.60. The number of aromatic nitrogens is 2. The number of nitrogens with zero attached hydrogens (tertiary/aromatic N) is 6. The molecule has 198 valence electrons. The van der Waals surface area contributed by atoms with Gasteiger partial charge in [0.2, 0.25) is 11.8 Å². The zero-order valence-corrected chi connectivity index (χ0v) is 20.9. The molecule has 2 aromatic rings. The third-order valence-electron chi connectivity index (χ3n) is 6.60. The monoisotopic (exact) mass is 518 g/mol. The second-order valence-electron chi connectivity index (χ2n) is 9.38. The Balaban J connectivity index is 1.43. The van der Waals surface area contributed by atoms with E-state index in [4.69, 9.17) is 4.74 Å². The molecule has 1 amide bonds. The lowest BCUT2D eigenvalue weighted by molar-refractivity contribution is -0.139. The number of hydrazine groups is 2. The van der Waals surface area contributed by atoms with Gasteiger partial charge in [0.25, 0.3) is 0 Å². The van der Waals surface area contributed by atoms with Crippen molar-refractivity contribution in [3.63, 3.8) is 0 Å². The van der Waals surface area contributed by atoms with Crippen LogP contribution < -0.4 is 20.7 Å². The van der Waals surface area contributed by atoms with Crippen LogP contribution in [0.2, 0.25) is 0 Å². The van der Waals surface area contributed by atoms with E-state index in [0.717, 1.165) is 32.0 Å². The summed E-state index contributed by atoms with van der Waals surface area (Å²) >= 11 is 0. The van der Waals surface area contributed by atoms with Gasteiger partial charge in [-0.2, -0.15) is 18.4 Å². The fourth-order valence-electron chi connectivity index (χ4n) is 4.35. The predicted molar refractivity (Wildman–Crippen MR) is 130 cm³/mol. The van der Waals surface area contributed by atoms with Crippen molar-refractivity contribution < 1.29 is 22.7 Å². The smallest absolute Gasteiger partial charge is 0.421 e. The largest absolute Gasteiger partial charge is 0.477 e. The van der Waals surface area contributed by atoms with Crippen LogP contribution in [0.4, 0.5) is 24.5 Å². The van der Waals surface area contributed by atoms with Gasteiger partial charge in [0.05, 0.1) is 24.5 Å². The van der Waals surface area contributed by atoms with E-state index in [-0.39, 0.29) is 29.5 Å². The van der Waals surface area contributed by atoms with Gasteiger partial charge >= 0.3 is 6.18 Å². The normalized spacial score (nSPS) is 16.2. The molecule has 0 bridgehead atoms. The molecule has 4 rings (SSSR count). The maximum Gasteiger partial charge on any atom is 0.421 e. The summed E-state index contributed by atoms with van der Waals surface area (Å²) in [7, 11) is 5.15. The number of anilines is 2. The Morgan fingerprint density at radius 1 is 1.30 bits per heavy atom. The summed E-state index contributed by atoms with van der Waals surface area (Å²) in [5.74, 6) is -0.124. The average Bonchev–Trinajstić information content (AvgIpc) is 3.24. The molecule has 2 aromatic heterocycles. The number of likely N-dealkylation sites (N-methyl/N-ethyl adjacent to an activating group) is 1. The molecule has 0 atom stereocenters. The summed E-state index contributed by atoms with van der Waals surface area (Å²) in [5.41, 5.74) is 6.02. The first kappa shape index (κ1) is 26.4. The van der Waals surface area contributed by atoms with Crippen LogP contribution >= 0.6 is 0 Å². The number of piperidine rings is 1. The highest BCUT2D eigenvalue weighted by molar-refractivity contribution is 5.81. The van der Waals surface area contributed by atoms with Gasteiger partial charge in [-0.15, -0.1) is 5.53 Å². The van der Waals surface area contributed by atoms with Crippen molar-refractivity contribution in [3.05, 3.63) is 29.6 Å². The molecule has 0 radical (unpaired) electrons. The molecule has 10 nitrogen and oxygen atoms in total. The fourth-order valence-corrected chi connectivity index (χ4v) is 4.35. The molecule has 0 unspecified atom stereocenters. The minimum absolute atomic E-state index is 0.0512. The van der Waals surface area contributed by atoms with Crippen LogP contribution in [0.3, 0.4) is 0 Å². The molecule has 1 fully saturated rings. The van der Waals surface area contributed by atoms with E-state index >= 15 is 0 Å². The van der Waals surface area contributed by atoms with Crippen molar-refractivity contribution in [2.75, 3.05) is 57.8 Å². The number of rotatable bonds is 7. The molecule has 2 aliphatic heterocycles. The van der Waals surface area contributed by atoms with Crippen LogP contribution in [0.15, 0.2) is 18.3 Å². The first-order valence-corrected chi connectivity index (χ1v) is 11.9. The SMILES string of the molecule is CN(C)C(=O)CN1CCC(CCOc2ncc(-c3cc4c(c(C#N)n3)NNN4C)cc2C(F)(F)F)CC1. The maximum absolute atomic E-state index is 13.9. The Morgan fingerprint density at radius 2 is 2.03 bits per heavy atom. The molecule has 0 aliphatic carbocycles. The molecular formula is C24H29F3N8O2. The van der Waals surface area contributed by atoms with Crippen molar-refractivity contribution in [2.24, 2.45) is 5.92 Å². The summed E-state index contributed by atoms with van der Waals surface area (Å²) in [6.45, 7) is 2.02. The summed E-state index contributed by atoms with van der Waals surface area (Å²) < 4.78 is 47.2. The number of nitrogens with one attached hydrogen (secondary N) is 2. The van der Waals surface area contributed by atoms with Crippen LogP contribution in [0.25, 0.3) is 11.3 Å². The van der Waals surface area contributed by atoms with E-state index in [1.165, 1.54) is 6.20 Å².